The summed E-state index contributed by atoms with van der Waals surface area (Å²) in [7, 11) is 1.93. The van der Waals surface area contributed by atoms with Gasteiger partial charge in [-0.05, 0) is 45.1 Å². The lowest BCUT2D eigenvalue weighted by molar-refractivity contribution is -0.129. The molecule has 1 aromatic rings. The van der Waals surface area contributed by atoms with E-state index in [2.05, 4.69) is 49.1 Å². The number of rotatable bonds is 7. The zero-order valence-electron chi connectivity index (χ0n) is 14.8. The molecule has 3 nitrogen and oxygen atoms in total. The maximum atomic E-state index is 12.4. The molecule has 1 aliphatic heterocycles. The maximum Gasteiger partial charge on any atom is 0.222 e. The van der Waals surface area contributed by atoms with Crippen molar-refractivity contribution in [2.75, 3.05) is 20.1 Å². The first-order chi connectivity index (χ1) is 11.1. The summed E-state index contributed by atoms with van der Waals surface area (Å²) >= 11 is 0. The number of carbonyl (C=O) groups is 1. The van der Waals surface area contributed by atoms with E-state index in [0.29, 0.717) is 12.5 Å². The van der Waals surface area contributed by atoms with Gasteiger partial charge in [0.15, 0.2) is 0 Å². The third-order valence-corrected chi connectivity index (χ3v) is 4.78. The third kappa shape index (κ3) is 5.12. The number of nitrogens with zero attached hydrogens (tertiary/aromatic N) is 2. The molecule has 1 aliphatic rings. The van der Waals surface area contributed by atoms with Crippen molar-refractivity contribution in [2.24, 2.45) is 0 Å². The Kier molecular flexibility index (Phi) is 6.69. The first-order valence-electron chi connectivity index (χ1n) is 8.81. The van der Waals surface area contributed by atoms with E-state index < -0.39 is 0 Å². The van der Waals surface area contributed by atoms with Crippen LogP contribution < -0.4 is 0 Å². The van der Waals surface area contributed by atoms with Gasteiger partial charge in [0.25, 0.3) is 0 Å². The van der Waals surface area contributed by atoms with E-state index in [4.69, 9.17) is 0 Å². The molecule has 1 atom stereocenters. The topological polar surface area (TPSA) is 23.6 Å². The molecule has 0 aliphatic carbocycles. The normalized spacial score (nSPS) is 18.3. The maximum absolute atomic E-state index is 12.4. The fourth-order valence-electron chi connectivity index (χ4n) is 3.32. The van der Waals surface area contributed by atoms with Gasteiger partial charge in [-0.2, -0.15) is 0 Å². The summed E-state index contributed by atoms with van der Waals surface area (Å²) < 4.78 is 0. The average molecular weight is 314 g/mol. The van der Waals surface area contributed by atoms with Crippen molar-refractivity contribution in [1.29, 1.82) is 0 Å². The lowest BCUT2D eigenvalue weighted by atomic mass is 10.1. The Morgan fingerprint density at radius 3 is 2.70 bits per heavy atom. The molecular formula is C20H30N2O. The standard InChI is InChI=1S/C20H30N2O/c1-4-19(22-15-9-10-17(22)2)16-21(3)20(23)14-8-13-18-11-6-5-7-12-18/h4-7,11-12,17H,8-10,13-16H2,1-3H3/b19-4-/t17-/m1/s1. The van der Waals surface area contributed by atoms with Crippen LogP contribution in [-0.4, -0.2) is 41.9 Å². The Hall–Kier alpha value is -1.77. The largest absolute Gasteiger partial charge is 0.371 e. The zero-order valence-corrected chi connectivity index (χ0v) is 14.8. The minimum atomic E-state index is 0.243. The van der Waals surface area contributed by atoms with Gasteiger partial charge in [-0.15, -0.1) is 0 Å². The van der Waals surface area contributed by atoms with Crippen LogP contribution in [0, 0.1) is 0 Å². The zero-order chi connectivity index (χ0) is 16.7. The van der Waals surface area contributed by atoms with Gasteiger partial charge in [0.05, 0.1) is 6.54 Å². The third-order valence-electron chi connectivity index (χ3n) is 4.78. The Morgan fingerprint density at radius 1 is 1.35 bits per heavy atom. The fourth-order valence-corrected chi connectivity index (χ4v) is 3.32. The summed E-state index contributed by atoms with van der Waals surface area (Å²) in [6, 6.07) is 11.0. The Balaban J connectivity index is 1.77. The molecule has 0 N–H and O–H groups in total. The van der Waals surface area contributed by atoms with Crippen LogP contribution >= 0.6 is 0 Å². The van der Waals surface area contributed by atoms with Crippen molar-refractivity contribution < 1.29 is 4.79 Å². The molecule has 0 bridgehead atoms. The van der Waals surface area contributed by atoms with Crippen molar-refractivity contribution in [3.63, 3.8) is 0 Å². The van der Waals surface area contributed by atoms with E-state index in [1.54, 1.807) is 0 Å². The van der Waals surface area contributed by atoms with Crippen molar-refractivity contribution in [3.8, 4) is 0 Å². The lowest BCUT2D eigenvalue weighted by Crippen LogP contribution is -2.36. The summed E-state index contributed by atoms with van der Waals surface area (Å²) in [5, 5.41) is 0. The minimum Gasteiger partial charge on any atom is -0.371 e. The van der Waals surface area contributed by atoms with Gasteiger partial charge in [0.2, 0.25) is 5.91 Å². The number of aryl methyl sites for hydroxylation is 1. The highest BCUT2D eigenvalue weighted by Gasteiger charge is 2.23. The van der Waals surface area contributed by atoms with Crippen LogP contribution in [0.3, 0.4) is 0 Å². The number of hydrogen-bond acceptors (Lipinski definition) is 2. The number of hydrogen-bond donors (Lipinski definition) is 0. The van der Waals surface area contributed by atoms with Gasteiger partial charge in [-0.25, -0.2) is 0 Å². The van der Waals surface area contributed by atoms with Crippen LogP contribution in [0.25, 0.3) is 0 Å². The van der Waals surface area contributed by atoms with Crippen LogP contribution in [0.5, 0.6) is 0 Å². The van der Waals surface area contributed by atoms with Crippen molar-refractivity contribution in [2.45, 2.75) is 52.0 Å². The molecule has 1 saturated heterocycles. The molecular weight excluding hydrogens is 284 g/mol. The van der Waals surface area contributed by atoms with E-state index >= 15 is 0 Å². The minimum absolute atomic E-state index is 0.243. The second kappa shape index (κ2) is 8.76. The number of allylic oxidation sites excluding steroid dienone is 1. The van der Waals surface area contributed by atoms with Gasteiger partial charge < -0.3 is 9.80 Å². The van der Waals surface area contributed by atoms with E-state index in [1.807, 2.05) is 18.0 Å². The summed E-state index contributed by atoms with van der Waals surface area (Å²) in [5.74, 6) is 0.243. The Bertz CT molecular complexity index is 524. The molecule has 1 fully saturated rings. The summed E-state index contributed by atoms with van der Waals surface area (Å²) in [6.07, 6.45) is 7.19. The molecule has 0 radical (unpaired) electrons. The van der Waals surface area contributed by atoms with E-state index in [-0.39, 0.29) is 5.91 Å². The van der Waals surface area contributed by atoms with Crippen LogP contribution in [0.1, 0.15) is 45.1 Å². The highest BCUT2D eigenvalue weighted by Crippen LogP contribution is 2.22. The molecule has 3 heteroatoms. The summed E-state index contributed by atoms with van der Waals surface area (Å²) in [5.41, 5.74) is 2.59. The van der Waals surface area contributed by atoms with Gasteiger partial charge >= 0.3 is 0 Å². The second-order valence-electron chi connectivity index (χ2n) is 6.55. The van der Waals surface area contributed by atoms with Crippen LogP contribution in [0.4, 0.5) is 0 Å². The number of benzene rings is 1. The molecule has 0 spiro atoms. The van der Waals surface area contributed by atoms with Gasteiger partial charge in [0.1, 0.15) is 0 Å². The molecule has 1 heterocycles. The van der Waals surface area contributed by atoms with Crippen molar-refractivity contribution in [3.05, 3.63) is 47.7 Å². The van der Waals surface area contributed by atoms with E-state index in [9.17, 15) is 4.79 Å². The fraction of sp³-hybridized carbons (Fsp3) is 0.550. The molecule has 2 rings (SSSR count). The van der Waals surface area contributed by atoms with Gasteiger partial charge in [-0.3, -0.25) is 4.79 Å². The summed E-state index contributed by atoms with van der Waals surface area (Å²) in [6.45, 7) is 6.20. The summed E-state index contributed by atoms with van der Waals surface area (Å²) in [4.78, 5) is 16.7. The molecule has 0 aromatic heterocycles. The first kappa shape index (κ1) is 17.6. The van der Waals surface area contributed by atoms with Gasteiger partial charge in [0, 0.05) is 31.8 Å². The quantitative estimate of drug-likeness (QED) is 0.763. The highest BCUT2D eigenvalue weighted by molar-refractivity contribution is 5.76. The highest BCUT2D eigenvalue weighted by atomic mass is 16.2. The average Bonchev–Trinajstić information content (AvgIpc) is 2.99. The number of amides is 1. The molecule has 0 unspecified atom stereocenters. The molecule has 23 heavy (non-hydrogen) atoms. The van der Waals surface area contributed by atoms with Crippen LogP contribution in [0.2, 0.25) is 0 Å². The van der Waals surface area contributed by atoms with E-state index in [0.717, 1.165) is 25.9 Å². The number of likely N-dealkylation sites (N-methyl/N-ethyl adjacent to an activating group) is 1. The predicted molar refractivity (Wildman–Crippen MR) is 96.2 cm³/mol. The van der Waals surface area contributed by atoms with Crippen molar-refractivity contribution >= 4 is 5.91 Å². The smallest absolute Gasteiger partial charge is 0.222 e. The second-order valence-corrected chi connectivity index (χ2v) is 6.55. The van der Waals surface area contributed by atoms with E-state index in [1.165, 1.54) is 24.1 Å². The molecule has 1 amide bonds. The lowest BCUT2D eigenvalue weighted by Gasteiger charge is -2.30. The number of likely N-dealkylation sites (tertiary alicyclic amines) is 1. The molecule has 0 saturated carbocycles. The van der Waals surface area contributed by atoms with Crippen molar-refractivity contribution in [1.82, 2.24) is 9.80 Å². The molecule has 1 aromatic carbocycles. The monoisotopic (exact) mass is 314 g/mol. The molecule has 126 valence electrons. The van der Waals surface area contributed by atoms with Gasteiger partial charge in [-0.1, -0.05) is 36.4 Å². The first-order valence-corrected chi connectivity index (χ1v) is 8.81. The Labute approximate surface area is 141 Å². The SMILES string of the molecule is C/C=C(/CN(C)C(=O)CCCc1ccccc1)N1CCC[C@H]1C. The van der Waals surface area contributed by atoms with Crippen LogP contribution in [-0.2, 0) is 11.2 Å². The predicted octanol–water partition coefficient (Wildman–Crippen LogP) is 3.86. The Morgan fingerprint density at radius 2 is 2.09 bits per heavy atom. The van der Waals surface area contributed by atoms with Crippen LogP contribution in [0.15, 0.2) is 42.1 Å². The number of carbonyl (C=O) groups excluding carboxylic acids is 1.